The zero-order valence-electron chi connectivity index (χ0n) is 13.0. The van der Waals surface area contributed by atoms with E-state index in [2.05, 4.69) is 4.72 Å². The minimum Gasteiger partial charge on any atom is -0.494 e. The molecular formula is C16H21NO3S2. The molecule has 0 aliphatic heterocycles. The first-order chi connectivity index (χ1) is 10.4. The van der Waals surface area contributed by atoms with Crippen LogP contribution in [0.4, 0.5) is 0 Å². The molecule has 0 fully saturated rings. The SMILES string of the molecule is CCOc1ccc(S(=O)(=O)NCc2cccs2)cc1C(C)C. The summed E-state index contributed by atoms with van der Waals surface area (Å²) in [5.41, 5.74) is 0.904. The maximum atomic E-state index is 12.4. The second-order valence-corrected chi connectivity index (χ2v) is 7.99. The summed E-state index contributed by atoms with van der Waals surface area (Å²) in [5.74, 6) is 0.934. The molecule has 2 aromatic rings. The fourth-order valence-electron chi connectivity index (χ4n) is 2.09. The average Bonchev–Trinajstić information content (AvgIpc) is 2.99. The van der Waals surface area contributed by atoms with Crippen molar-refractivity contribution in [3.63, 3.8) is 0 Å². The molecule has 1 aromatic heterocycles. The Labute approximate surface area is 136 Å². The van der Waals surface area contributed by atoms with Crippen molar-refractivity contribution in [1.82, 2.24) is 4.72 Å². The summed E-state index contributed by atoms with van der Waals surface area (Å²) in [7, 11) is -3.52. The summed E-state index contributed by atoms with van der Waals surface area (Å²) >= 11 is 1.53. The van der Waals surface area contributed by atoms with Crippen LogP contribution in [0.3, 0.4) is 0 Å². The zero-order chi connectivity index (χ0) is 16.2. The van der Waals surface area contributed by atoms with Crippen molar-refractivity contribution in [1.29, 1.82) is 0 Å². The largest absolute Gasteiger partial charge is 0.494 e. The van der Waals surface area contributed by atoms with Crippen molar-refractivity contribution in [3.8, 4) is 5.75 Å². The van der Waals surface area contributed by atoms with Crippen LogP contribution in [0.2, 0.25) is 0 Å². The molecule has 0 aliphatic carbocycles. The molecule has 0 radical (unpaired) electrons. The lowest BCUT2D eigenvalue weighted by Gasteiger charge is -2.15. The number of hydrogen-bond acceptors (Lipinski definition) is 4. The maximum Gasteiger partial charge on any atom is 0.240 e. The molecule has 0 spiro atoms. The lowest BCUT2D eigenvalue weighted by atomic mass is 10.0. The molecule has 0 saturated carbocycles. The molecule has 1 N–H and O–H groups in total. The van der Waals surface area contributed by atoms with Crippen LogP contribution in [-0.4, -0.2) is 15.0 Å². The molecule has 2 rings (SSSR count). The maximum absolute atomic E-state index is 12.4. The number of benzene rings is 1. The van der Waals surface area contributed by atoms with Crippen molar-refractivity contribution in [2.45, 2.75) is 38.1 Å². The quantitative estimate of drug-likeness (QED) is 0.836. The van der Waals surface area contributed by atoms with E-state index in [9.17, 15) is 8.42 Å². The molecule has 0 unspecified atom stereocenters. The monoisotopic (exact) mass is 339 g/mol. The fourth-order valence-corrected chi connectivity index (χ4v) is 3.87. The van der Waals surface area contributed by atoms with E-state index in [0.29, 0.717) is 13.2 Å². The highest BCUT2D eigenvalue weighted by molar-refractivity contribution is 7.89. The predicted molar refractivity (Wildman–Crippen MR) is 90.0 cm³/mol. The van der Waals surface area contributed by atoms with E-state index < -0.39 is 10.0 Å². The summed E-state index contributed by atoms with van der Waals surface area (Å²) in [4.78, 5) is 1.26. The van der Waals surface area contributed by atoms with Crippen LogP contribution in [0.15, 0.2) is 40.6 Å². The van der Waals surface area contributed by atoms with Gasteiger partial charge in [0.05, 0.1) is 11.5 Å². The Balaban J connectivity index is 2.24. The van der Waals surface area contributed by atoms with Crippen LogP contribution in [0, 0.1) is 0 Å². The van der Waals surface area contributed by atoms with Gasteiger partial charge in [0.2, 0.25) is 10.0 Å². The first-order valence-corrected chi connectivity index (χ1v) is 9.59. The molecule has 22 heavy (non-hydrogen) atoms. The first kappa shape index (κ1) is 17.0. The van der Waals surface area contributed by atoms with Gasteiger partial charge in [-0.3, -0.25) is 0 Å². The molecular weight excluding hydrogens is 318 g/mol. The molecule has 6 heteroatoms. The second kappa shape index (κ2) is 7.26. The van der Waals surface area contributed by atoms with Crippen LogP contribution in [0.5, 0.6) is 5.75 Å². The van der Waals surface area contributed by atoms with Crippen LogP contribution >= 0.6 is 11.3 Å². The van der Waals surface area contributed by atoms with Crippen molar-refractivity contribution < 1.29 is 13.2 Å². The molecule has 1 heterocycles. The molecule has 4 nitrogen and oxygen atoms in total. The van der Waals surface area contributed by atoms with Gasteiger partial charge in [-0.15, -0.1) is 11.3 Å². The Bertz CT molecular complexity index is 707. The third-order valence-corrected chi connectivity index (χ3v) is 5.51. The van der Waals surface area contributed by atoms with E-state index >= 15 is 0 Å². The van der Waals surface area contributed by atoms with E-state index in [0.717, 1.165) is 16.2 Å². The Morgan fingerprint density at radius 2 is 2.05 bits per heavy atom. The van der Waals surface area contributed by atoms with E-state index in [4.69, 9.17) is 4.74 Å². The van der Waals surface area contributed by atoms with Crippen molar-refractivity contribution in [2.24, 2.45) is 0 Å². The van der Waals surface area contributed by atoms with E-state index in [1.165, 1.54) is 11.3 Å². The fraction of sp³-hybridized carbons (Fsp3) is 0.375. The van der Waals surface area contributed by atoms with Gasteiger partial charge in [0, 0.05) is 11.4 Å². The number of thiophene rings is 1. The van der Waals surface area contributed by atoms with Gasteiger partial charge < -0.3 is 4.74 Å². The molecule has 0 atom stereocenters. The Kier molecular flexibility index (Phi) is 5.61. The third-order valence-electron chi connectivity index (χ3n) is 3.23. The van der Waals surface area contributed by atoms with Crippen molar-refractivity contribution in [3.05, 3.63) is 46.2 Å². The van der Waals surface area contributed by atoms with Gasteiger partial charge in [-0.2, -0.15) is 0 Å². The Hall–Kier alpha value is -1.37. The molecule has 0 bridgehead atoms. The number of sulfonamides is 1. The van der Waals surface area contributed by atoms with Gasteiger partial charge in [0.15, 0.2) is 0 Å². The lowest BCUT2D eigenvalue weighted by molar-refractivity contribution is 0.335. The van der Waals surface area contributed by atoms with Crippen LogP contribution in [0.25, 0.3) is 0 Å². The van der Waals surface area contributed by atoms with Gasteiger partial charge in [-0.25, -0.2) is 13.1 Å². The van der Waals surface area contributed by atoms with Gasteiger partial charge in [-0.1, -0.05) is 19.9 Å². The number of ether oxygens (including phenoxy) is 1. The molecule has 0 saturated heterocycles. The Morgan fingerprint density at radius 1 is 1.27 bits per heavy atom. The predicted octanol–water partition coefficient (Wildman–Crippen LogP) is 3.75. The highest BCUT2D eigenvalue weighted by atomic mass is 32.2. The van der Waals surface area contributed by atoms with Crippen LogP contribution in [-0.2, 0) is 16.6 Å². The van der Waals surface area contributed by atoms with Crippen LogP contribution < -0.4 is 9.46 Å². The van der Waals surface area contributed by atoms with Gasteiger partial charge >= 0.3 is 0 Å². The van der Waals surface area contributed by atoms with E-state index in [-0.39, 0.29) is 10.8 Å². The smallest absolute Gasteiger partial charge is 0.240 e. The topological polar surface area (TPSA) is 55.4 Å². The number of nitrogens with one attached hydrogen (secondary N) is 1. The van der Waals surface area contributed by atoms with E-state index in [1.807, 2.05) is 38.3 Å². The number of hydrogen-bond donors (Lipinski definition) is 1. The average molecular weight is 339 g/mol. The van der Waals surface area contributed by atoms with Gasteiger partial charge in [0.1, 0.15) is 5.75 Å². The van der Waals surface area contributed by atoms with Crippen molar-refractivity contribution >= 4 is 21.4 Å². The number of rotatable bonds is 7. The molecule has 120 valence electrons. The Morgan fingerprint density at radius 3 is 2.64 bits per heavy atom. The first-order valence-electron chi connectivity index (χ1n) is 7.23. The van der Waals surface area contributed by atoms with Crippen molar-refractivity contribution in [2.75, 3.05) is 6.61 Å². The summed E-state index contributed by atoms with van der Waals surface area (Å²) in [6.07, 6.45) is 0. The lowest BCUT2D eigenvalue weighted by Crippen LogP contribution is -2.23. The molecule has 0 amide bonds. The summed E-state index contributed by atoms with van der Waals surface area (Å²) in [6.45, 7) is 6.82. The zero-order valence-corrected chi connectivity index (χ0v) is 14.6. The normalized spacial score (nSPS) is 11.8. The summed E-state index contributed by atoms with van der Waals surface area (Å²) in [5, 5.41) is 1.93. The highest BCUT2D eigenvalue weighted by Gasteiger charge is 2.18. The summed E-state index contributed by atoms with van der Waals surface area (Å²) < 4.78 is 33.1. The minimum atomic E-state index is -3.52. The van der Waals surface area contributed by atoms with Gasteiger partial charge in [-0.05, 0) is 48.1 Å². The summed E-state index contributed by atoms with van der Waals surface area (Å²) in [6, 6.07) is 8.84. The van der Waals surface area contributed by atoms with Gasteiger partial charge in [0.25, 0.3) is 0 Å². The standard InChI is InChI=1S/C16H21NO3S2/c1-4-20-16-8-7-14(10-15(16)12(2)3)22(18,19)17-11-13-6-5-9-21-13/h5-10,12,17H,4,11H2,1-3H3. The second-order valence-electron chi connectivity index (χ2n) is 5.19. The van der Waals surface area contributed by atoms with Crippen LogP contribution in [0.1, 0.15) is 37.1 Å². The third kappa shape index (κ3) is 4.09. The molecule has 1 aromatic carbocycles. The molecule has 0 aliphatic rings. The highest BCUT2D eigenvalue weighted by Crippen LogP contribution is 2.29. The minimum absolute atomic E-state index is 0.189. The van der Waals surface area contributed by atoms with E-state index in [1.54, 1.807) is 18.2 Å².